The molecule has 4 nitrogen and oxygen atoms in total. The second kappa shape index (κ2) is 5.00. The number of Topliss-reactive ketones (excluding diaryl/α,β-unsaturated/α-hetero) is 1. The summed E-state index contributed by atoms with van der Waals surface area (Å²) in [5.74, 6) is 0.00774. The first-order valence-corrected chi connectivity index (χ1v) is 7.54. The van der Waals surface area contributed by atoms with Gasteiger partial charge in [0, 0.05) is 18.5 Å². The van der Waals surface area contributed by atoms with Crippen molar-refractivity contribution in [2.24, 2.45) is 0 Å². The Hall–Kier alpha value is -2.04. The highest BCUT2D eigenvalue weighted by Crippen LogP contribution is 2.40. The van der Waals surface area contributed by atoms with Crippen molar-refractivity contribution in [3.63, 3.8) is 0 Å². The van der Waals surface area contributed by atoms with Crippen molar-refractivity contribution in [1.82, 2.24) is 4.98 Å². The van der Waals surface area contributed by atoms with Crippen molar-refractivity contribution in [2.45, 2.75) is 6.42 Å². The number of nitrogens with one attached hydrogen (secondary N) is 1. The van der Waals surface area contributed by atoms with Crippen LogP contribution >= 0.6 is 23.2 Å². The number of ketones is 1. The third-order valence-corrected chi connectivity index (χ3v) is 4.48. The van der Waals surface area contributed by atoms with Gasteiger partial charge in [0.05, 0.1) is 27.4 Å². The van der Waals surface area contributed by atoms with Gasteiger partial charge in [-0.15, -0.1) is 0 Å². The molecule has 0 unspecified atom stereocenters. The molecule has 0 spiro atoms. The van der Waals surface area contributed by atoms with Crippen LogP contribution in [0.2, 0.25) is 10.0 Å². The Morgan fingerprint density at radius 1 is 1.18 bits per heavy atom. The van der Waals surface area contributed by atoms with Crippen molar-refractivity contribution in [2.75, 3.05) is 11.9 Å². The van der Waals surface area contributed by atoms with Crippen LogP contribution in [0.4, 0.5) is 5.69 Å². The van der Waals surface area contributed by atoms with Crippen LogP contribution in [0.3, 0.4) is 0 Å². The molecule has 0 aliphatic carbocycles. The second-order valence-corrected chi connectivity index (χ2v) is 5.89. The van der Waals surface area contributed by atoms with Crippen LogP contribution in [0.5, 0.6) is 0 Å². The number of hydrogen-bond acceptors (Lipinski definition) is 4. The number of hydrogen-bond donors (Lipinski definition) is 1. The van der Waals surface area contributed by atoms with Gasteiger partial charge in [0.25, 0.3) is 0 Å². The molecular formula is C16H10Cl2N2O2. The largest absolute Gasteiger partial charge is 0.446 e. The Balaban J connectivity index is 2.08. The Morgan fingerprint density at radius 2 is 2.05 bits per heavy atom. The van der Waals surface area contributed by atoms with Crippen molar-refractivity contribution >= 4 is 45.8 Å². The minimum Gasteiger partial charge on any atom is -0.446 e. The minimum absolute atomic E-state index is 0.00774. The molecular weight excluding hydrogens is 323 g/mol. The molecule has 0 amide bonds. The summed E-state index contributed by atoms with van der Waals surface area (Å²) in [4.78, 5) is 16.5. The second-order valence-electron chi connectivity index (χ2n) is 5.08. The first-order chi connectivity index (χ1) is 10.6. The van der Waals surface area contributed by atoms with E-state index in [-0.39, 0.29) is 5.78 Å². The Morgan fingerprint density at radius 3 is 2.86 bits per heavy atom. The average Bonchev–Trinajstić information content (AvgIpc) is 2.97. The number of pyridine rings is 1. The van der Waals surface area contributed by atoms with E-state index in [4.69, 9.17) is 27.6 Å². The smallest absolute Gasteiger partial charge is 0.227 e. The van der Waals surface area contributed by atoms with E-state index in [0.29, 0.717) is 34.4 Å². The maximum absolute atomic E-state index is 12.2. The number of fused-ring (bicyclic) bond motifs is 2. The molecule has 110 valence electrons. The molecule has 0 saturated heterocycles. The summed E-state index contributed by atoms with van der Waals surface area (Å²) in [6.45, 7) is 0.588. The number of carbonyl (C=O) groups is 1. The molecule has 3 aromatic rings. The standard InChI is InChI=1S/C16H10Cl2N2O2/c17-10-2-1-8(7-11(10)18)13-9-4-6-22-16(9)20-14-12(21)3-5-19-15(13)14/h1-2,4,6-7,19H,3,5H2. The van der Waals surface area contributed by atoms with E-state index in [1.54, 1.807) is 18.4 Å². The van der Waals surface area contributed by atoms with Crippen LogP contribution < -0.4 is 5.32 Å². The quantitative estimate of drug-likeness (QED) is 0.695. The molecule has 0 atom stereocenters. The van der Waals surface area contributed by atoms with Gasteiger partial charge >= 0.3 is 0 Å². The predicted octanol–water partition coefficient (Wildman–Crippen LogP) is 4.80. The summed E-state index contributed by atoms with van der Waals surface area (Å²) in [5.41, 5.74) is 3.30. The van der Waals surface area contributed by atoms with E-state index < -0.39 is 0 Å². The number of rotatable bonds is 1. The molecule has 0 bridgehead atoms. The highest BCUT2D eigenvalue weighted by atomic mass is 35.5. The summed E-state index contributed by atoms with van der Waals surface area (Å²) in [5, 5.41) is 5.06. The number of carbonyl (C=O) groups excluding carboxylic acids is 1. The summed E-state index contributed by atoms with van der Waals surface area (Å²) in [6.07, 6.45) is 1.99. The highest BCUT2D eigenvalue weighted by molar-refractivity contribution is 6.42. The number of furan rings is 1. The first kappa shape index (κ1) is 13.6. The van der Waals surface area contributed by atoms with E-state index in [1.165, 1.54) is 0 Å². The SMILES string of the molecule is O=C1CCNc2c1nc1occc1c2-c1ccc(Cl)c(Cl)c1. The van der Waals surface area contributed by atoms with Gasteiger partial charge in [0.15, 0.2) is 5.78 Å². The van der Waals surface area contributed by atoms with E-state index in [1.807, 2.05) is 12.1 Å². The number of nitrogens with zero attached hydrogens (tertiary/aromatic N) is 1. The normalized spacial score (nSPS) is 14.0. The van der Waals surface area contributed by atoms with Gasteiger partial charge in [-0.05, 0) is 23.8 Å². The minimum atomic E-state index is 0.00774. The fourth-order valence-corrected chi connectivity index (χ4v) is 3.03. The molecule has 0 fully saturated rings. The zero-order valence-corrected chi connectivity index (χ0v) is 12.8. The molecule has 0 saturated carbocycles. The number of anilines is 1. The van der Waals surface area contributed by atoms with Gasteiger partial charge in [-0.25, -0.2) is 4.98 Å². The van der Waals surface area contributed by atoms with Gasteiger partial charge in [-0.3, -0.25) is 4.79 Å². The molecule has 4 rings (SSSR count). The number of aromatic nitrogens is 1. The summed E-state index contributed by atoms with van der Waals surface area (Å²) < 4.78 is 5.40. The van der Waals surface area contributed by atoms with E-state index in [9.17, 15) is 4.79 Å². The van der Waals surface area contributed by atoms with Crippen LogP contribution in [0.15, 0.2) is 34.9 Å². The molecule has 1 aromatic carbocycles. The zero-order chi connectivity index (χ0) is 15.3. The Labute approximate surface area is 136 Å². The van der Waals surface area contributed by atoms with Gasteiger partial charge in [0.2, 0.25) is 5.71 Å². The van der Waals surface area contributed by atoms with Gasteiger partial charge < -0.3 is 9.73 Å². The first-order valence-electron chi connectivity index (χ1n) is 6.79. The number of halogens is 2. The monoisotopic (exact) mass is 332 g/mol. The van der Waals surface area contributed by atoms with Gasteiger partial charge in [-0.1, -0.05) is 29.3 Å². The topological polar surface area (TPSA) is 55.1 Å². The lowest BCUT2D eigenvalue weighted by Gasteiger charge is -2.20. The van der Waals surface area contributed by atoms with Crippen LogP contribution in [0.1, 0.15) is 16.9 Å². The average molecular weight is 333 g/mol. The lowest BCUT2D eigenvalue weighted by atomic mass is 9.96. The molecule has 22 heavy (non-hydrogen) atoms. The van der Waals surface area contributed by atoms with E-state index >= 15 is 0 Å². The Bertz CT molecular complexity index is 918. The molecule has 2 aromatic heterocycles. The van der Waals surface area contributed by atoms with E-state index in [0.717, 1.165) is 22.2 Å². The van der Waals surface area contributed by atoms with Crippen molar-refractivity contribution in [1.29, 1.82) is 0 Å². The predicted molar refractivity (Wildman–Crippen MR) is 86.9 cm³/mol. The highest BCUT2D eigenvalue weighted by Gasteiger charge is 2.25. The molecule has 1 aliphatic heterocycles. The third kappa shape index (κ3) is 1.99. The van der Waals surface area contributed by atoms with Crippen LogP contribution in [-0.4, -0.2) is 17.3 Å². The van der Waals surface area contributed by atoms with E-state index in [2.05, 4.69) is 10.3 Å². The molecule has 6 heteroatoms. The van der Waals surface area contributed by atoms with Crippen molar-refractivity contribution in [3.8, 4) is 11.1 Å². The Kier molecular flexibility index (Phi) is 3.10. The fraction of sp³-hybridized carbons (Fsp3) is 0.125. The van der Waals surface area contributed by atoms with Gasteiger partial charge in [-0.2, -0.15) is 0 Å². The summed E-state index contributed by atoms with van der Waals surface area (Å²) in [6, 6.07) is 7.23. The summed E-state index contributed by atoms with van der Waals surface area (Å²) in [7, 11) is 0. The maximum Gasteiger partial charge on any atom is 0.227 e. The zero-order valence-electron chi connectivity index (χ0n) is 11.3. The van der Waals surface area contributed by atoms with Crippen molar-refractivity contribution in [3.05, 3.63) is 46.3 Å². The lowest BCUT2D eigenvalue weighted by Crippen LogP contribution is -2.20. The maximum atomic E-state index is 12.2. The lowest BCUT2D eigenvalue weighted by molar-refractivity contribution is 0.0979. The van der Waals surface area contributed by atoms with Gasteiger partial charge in [0.1, 0.15) is 5.69 Å². The summed E-state index contributed by atoms with van der Waals surface area (Å²) >= 11 is 12.1. The molecule has 3 heterocycles. The molecule has 1 N–H and O–H groups in total. The van der Waals surface area contributed by atoms with Crippen LogP contribution in [-0.2, 0) is 0 Å². The van der Waals surface area contributed by atoms with Crippen LogP contribution in [0, 0.1) is 0 Å². The number of benzene rings is 1. The third-order valence-electron chi connectivity index (χ3n) is 3.74. The molecule has 0 radical (unpaired) electrons. The van der Waals surface area contributed by atoms with Crippen LogP contribution in [0.25, 0.3) is 22.2 Å². The van der Waals surface area contributed by atoms with Crippen molar-refractivity contribution < 1.29 is 9.21 Å². The molecule has 1 aliphatic rings. The fourth-order valence-electron chi connectivity index (χ4n) is 2.73.